The molecule has 5 nitrogen and oxygen atoms in total. The fourth-order valence-electron chi connectivity index (χ4n) is 4.23. The van der Waals surface area contributed by atoms with Crippen LogP contribution in [-0.4, -0.2) is 47.8 Å². The van der Waals surface area contributed by atoms with Gasteiger partial charge in [0.1, 0.15) is 0 Å². The van der Waals surface area contributed by atoms with Gasteiger partial charge in [-0.3, -0.25) is 9.59 Å². The zero-order valence-electron chi connectivity index (χ0n) is 17.2. The number of carbonyl (C=O) groups excluding carboxylic acids is 2. The van der Waals surface area contributed by atoms with E-state index in [4.69, 9.17) is 0 Å². The molecule has 2 aliphatic rings. The van der Waals surface area contributed by atoms with Crippen molar-refractivity contribution in [3.63, 3.8) is 0 Å². The first kappa shape index (κ1) is 21.3. The molecule has 2 aromatic carbocycles. The summed E-state index contributed by atoms with van der Waals surface area (Å²) < 4.78 is 1.18. The largest absolute Gasteiger partial charge is 0.352 e. The first-order valence-corrected chi connectivity index (χ1v) is 11.9. The van der Waals surface area contributed by atoms with E-state index in [0.717, 1.165) is 24.1 Å². The summed E-state index contributed by atoms with van der Waals surface area (Å²) in [6.07, 6.45) is 4.87. The van der Waals surface area contributed by atoms with Gasteiger partial charge in [0.15, 0.2) is 0 Å². The van der Waals surface area contributed by atoms with Crippen molar-refractivity contribution in [2.45, 2.75) is 38.8 Å². The van der Waals surface area contributed by atoms with Crippen molar-refractivity contribution in [3.8, 4) is 0 Å². The molecule has 1 fully saturated rings. The third-order valence-corrected chi connectivity index (χ3v) is 6.64. The summed E-state index contributed by atoms with van der Waals surface area (Å²) in [6, 6.07) is 13.7. The SMILES string of the molecule is O=C(NCCCN1CCCCC1)c1ccc2c(c1)C(=O)N(Cc1ccc(I)cc1)C2. The van der Waals surface area contributed by atoms with Crippen molar-refractivity contribution in [3.05, 3.63) is 68.3 Å². The molecule has 0 bridgehead atoms. The van der Waals surface area contributed by atoms with Gasteiger partial charge in [0.2, 0.25) is 0 Å². The normalized spacial score (nSPS) is 16.6. The number of piperidine rings is 1. The number of nitrogens with zero attached hydrogens (tertiary/aromatic N) is 2. The number of carbonyl (C=O) groups is 2. The van der Waals surface area contributed by atoms with E-state index in [1.54, 1.807) is 6.07 Å². The Kier molecular flexibility index (Phi) is 7.04. The van der Waals surface area contributed by atoms with E-state index in [0.29, 0.717) is 30.8 Å². The lowest BCUT2D eigenvalue weighted by molar-refractivity contribution is 0.0766. The molecule has 2 heterocycles. The molecule has 30 heavy (non-hydrogen) atoms. The van der Waals surface area contributed by atoms with Crippen LogP contribution in [0.15, 0.2) is 42.5 Å². The van der Waals surface area contributed by atoms with Crippen molar-refractivity contribution in [1.29, 1.82) is 0 Å². The average molecular weight is 517 g/mol. The standard InChI is InChI=1S/C24H28IN3O2/c25-21-9-5-18(6-10-21)16-28-17-20-8-7-19(15-22(20)24(28)30)23(29)26-11-4-14-27-12-2-1-3-13-27/h5-10,15H,1-4,11-14,16-17H2,(H,26,29). The highest BCUT2D eigenvalue weighted by Gasteiger charge is 2.28. The number of rotatable bonds is 7. The number of fused-ring (bicyclic) bond motifs is 1. The van der Waals surface area contributed by atoms with Crippen LogP contribution in [0.3, 0.4) is 0 Å². The number of halogens is 1. The fourth-order valence-corrected chi connectivity index (χ4v) is 4.59. The molecule has 4 rings (SSSR count). The van der Waals surface area contributed by atoms with Crippen molar-refractivity contribution in [2.75, 3.05) is 26.2 Å². The van der Waals surface area contributed by atoms with Gasteiger partial charge in [0.25, 0.3) is 11.8 Å². The van der Waals surface area contributed by atoms with Gasteiger partial charge in [-0.2, -0.15) is 0 Å². The summed E-state index contributed by atoms with van der Waals surface area (Å²) in [5.74, 6) is -0.0939. The minimum Gasteiger partial charge on any atom is -0.352 e. The van der Waals surface area contributed by atoms with Crippen LogP contribution in [0.25, 0.3) is 0 Å². The number of benzene rings is 2. The second-order valence-electron chi connectivity index (χ2n) is 8.17. The Morgan fingerprint density at radius 2 is 1.80 bits per heavy atom. The first-order chi connectivity index (χ1) is 14.6. The summed E-state index contributed by atoms with van der Waals surface area (Å²) in [4.78, 5) is 29.7. The van der Waals surface area contributed by atoms with Crippen LogP contribution in [0.5, 0.6) is 0 Å². The highest BCUT2D eigenvalue weighted by atomic mass is 127. The average Bonchev–Trinajstić information content (AvgIpc) is 3.08. The molecule has 0 atom stereocenters. The van der Waals surface area contributed by atoms with Crippen molar-refractivity contribution >= 4 is 34.4 Å². The monoisotopic (exact) mass is 517 g/mol. The predicted molar refractivity (Wildman–Crippen MR) is 126 cm³/mol. The van der Waals surface area contributed by atoms with Crippen LogP contribution >= 0.6 is 22.6 Å². The number of amides is 2. The molecule has 1 N–H and O–H groups in total. The minimum absolute atomic E-state index is 0.00305. The highest BCUT2D eigenvalue weighted by Crippen LogP contribution is 2.25. The van der Waals surface area contributed by atoms with Crippen molar-refractivity contribution in [2.24, 2.45) is 0 Å². The maximum Gasteiger partial charge on any atom is 0.254 e. The Balaban J connectivity index is 1.31. The predicted octanol–water partition coefficient (Wildman–Crippen LogP) is 4.05. The molecule has 0 saturated carbocycles. The Morgan fingerprint density at radius 3 is 2.57 bits per heavy atom. The second-order valence-corrected chi connectivity index (χ2v) is 9.42. The number of hydrogen-bond donors (Lipinski definition) is 1. The van der Waals surface area contributed by atoms with Gasteiger partial charge in [0, 0.05) is 34.3 Å². The molecule has 6 heteroatoms. The highest BCUT2D eigenvalue weighted by molar-refractivity contribution is 14.1. The lowest BCUT2D eigenvalue weighted by Crippen LogP contribution is -2.33. The zero-order chi connectivity index (χ0) is 20.9. The quantitative estimate of drug-likeness (QED) is 0.446. The summed E-state index contributed by atoms with van der Waals surface area (Å²) in [5, 5.41) is 3.01. The van der Waals surface area contributed by atoms with Crippen LogP contribution in [0.1, 0.15) is 57.5 Å². The molecule has 0 aromatic heterocycles. The van der Waals surface area contributed by atoms with Gasteiger partial charge in [-0.05, 0) is 96.9 Å². The Hall–Kier alpha value is -1.93. The Bertz CT molecular complexity index is 907. The lowest BCUT2D eigenvalue weighted by Gasteiger charge is -2.26. The molecule has 2 amide bonds. The number of nitrogens with one attached hydrogen (secondary N) is 1. The van der Waals surface area contributed by atoms with E-state index in [1.165, 1.54) is 35.9 Å². The van der Waals surface area contributed by atoms with E-state index < -0.39 is 0 Å². The summed E-state index contributed by atoms with van der Waals surface area (Å²) >= 11 is 2.28. The van der Waals surface area contributed by atoms with Gasteiger partial charge >= 0.3 is 0 Å². The van der Waals surface area contributed by atoms with E-state index >= 15 is 0 Å². The molecule has 0 aliphatic carbocycles. The van der Waals surface area contributed by atoms with E-state index in [-0.39, 0.29) is 11.8 Å². The molecule has 1 saturated heterocycles. The molecule has 0 spiro atoms. The third-order valence-electron chi connectivity index (χ3n) is 5.92. The number of likely N-dealkylation sites (tertiary alicyclic amines) is 1. The third kappa shape index (κ3) is 5.21. The Morgan fingerprint density at radius 1 is 1.03 bits per heavy atom. The first-order valence-electron chi connectivity index (χ1n) is 10.8. The maximum atomic E-state index is 12.9. The summed E-state index contributed by atoms with van der Waals surface area (Å²) in [5.41, 5.74) is 3.33. The van der Waals surface area contributed by atoms with E-state index in [9.17, 15) is 9.59 Å². The molecule has 2 aliphatic heterocycles. The molecule has 2 aromatic rings. The van der Waals surface area contributed by atoms with Crippen LogP contribution in [0, 0.1) is 3.57 Å². The van der Waals surface area contributed by atoms with Gasteiger partial charge in [-0.1, -0.05) is 24.6 Å². The Labute approximate surface area is 192 Å². The van der Waals surface area contributed by atoms with Gasteiger partial charge in [0.05, 0.1) is 0 Å². The summed E-state index contributed by atoms with van der Waals surface area (Å²) in [7, 11) is 0. The molecule has 158 valence electrons. The van der Waals surface area contributed by atoms with Crippen LogP contribution < -0.4 is 5.32 Å². The van der Waals surface area contributed by atoms with Crippen molar-refractivity contribution in [1.82, 2.24) is 15.1 Å². The van der Waals surface area contributed by atoms with Gasteiger partial charge in [-0.25, -0.2) is 0 Å². The van der Waals surface area contributed by atoms with Crippen LogP contribution in [0.4, 0.5) is 0 Å². The fraction of sp³-hybridized carbons (Fsp3) is 0.417. The molecule has 0 unspecified atom stereocenters. The smallest absolute Gasteiger partial charge is 0.254 e. The summed E-state index contributed by atoms with van der Waals surface area (Å²) in [6.45, 7) is 5.25. The molecule has 0 radical (unpaired) electrons. The maximum absolute atomic E-state index is 12.9. The van der Waals surface area contributed by atoms with E-state index in [1.807, 2.05) is 17.0 Å². The van der Waals surface area contributed by atoms with Gasteiger partial charge < -0.3 is 15.1 Å². The van der Waals surface area contributed by atoms with Gasteiger partial charge in [-0.15, -0.1) is 0 Å². The molecular weight excluding hydrogens is 489 g/mol. The van der Waals surface area contributed by atoms with Crippen LogP contribution in [0.2, 0.25) is 0 Å². The topological polar surface area (TPSA) is 52.7 Å². The second kappa shape index (κ2) is 9.92. The lowest BCUT2D eigenvalue weighted by atomic mass is 10.1. The minimum atomic E-state index is -0.0969. The molecular formula is C24H28IN3O2. The number of hydrogen-bond acceptors (Lipinski definition) is 3. The van der Waals surface area contributed by atoms with Crippen LogP contribution in [-0.2, 0) is 13.1 Å². The van der Waals surface area contributed by atoms with Crippen molar-refractivity contribution < 1.29 is 9.59 Å². The van der Waals surface area contributed by atoms with E-state index in [2.05, 4.69) is 57.1 Å². The zero-order valence-corrected chi connectivity index (χ0v) is 19.4.